The third kappa shape index (κ3) is 5.92. The molecule has 160 valence electrons. The molecule has 0 unspecified atom stereocenters. The van der Waals surface area contributed by atoms with Crippen LogP contribution in [0.3, 0.4) is 0 Å². The number of ether oxygens (including phenoxy) is 1. The number of benzene rings is 3. The quantitative estimate of drug-likeness (QED) is 0.535. The summed E-state index contributed by atoms with van der Waals surface area (Å²) in [5.74, 6) is -1.19. The Morgan fingerprint density at radius 3 is 2.42 bits per heavy atom. The first-order chi connectivity index (χ1) is 15.0. The van der Waals surface area contributed by atoms with E-state index < -0.39 is 18.5 Å². The van der Waals surface area contributed by atoms with Gasteiger partial charge in [0.1, 0.15) is 6.54 Å². The van der Waals surface area contributed by atoms with Gasteiger partial charge in [-0.15, -0.1) is 0 Å². The monoisotopic (exact) mass is 418 g/mol. The Labute approximate surface area is 181 Å². The summed E-state index contributed by atoms with van der Waals surface area (Å²) in [7, 11) is 0. The second-order valence-corrected chi connectivity index (χ2v) is 7.35. The van der Waals surface area contributed by atoms with Crippen LogP contribution in [0.1, 0.15) is 42.1 Å². The van der Waals surface area contributed by atoms with Gasteiger partial charge in [0.15, 0.2) is 6.61 Å². The van der Waals surface area contributed by atoms with Crippen molar-refractivity contribution < 1.29 is 19.1 Å². The van der Waals surface area contributed by atoms with Gasteiger partial charge in [0.25, 0.3) is 11.8 Å². The van der Waals surface area contributed by atoms with E-state index in [9.17, 15) is 14.4 Å². The Morgan fingerprint density at radius 1 is 0.935 bits per heavy atom. The largest absolute Gasteiger partial charge is 0.454 e. The molecular formula is C25H26N2O4. The van der Waals surface area contributed by atoms with Crippen molar-refractivity contribution in [1.29, 1.82) is 0 Å². The topological polar surface area (TPSA) is 84.5 Å². The molecule has 6 heteroatoms. The van der Waals surface area contributed by atoms with Gasteiger partial charge in [-0.3, -0.25) is 14.4 Å². The number of hydrogen-bond acceptors (Lipinski definition) is 4. The molecule has 3 aromatic rings. The zero-order valence-electron chi connectivity index (χ0n) is 17.7. The summed E-state index contributed by atoms with van der Waals surface area (Å²) in [4.78, 5) is 36.4. The molecule has 0 saturated carbocycles. The van der Waals surface area contributed by atoms with E-state index in [1.165, 1.54) is 0 Å². The highest BCUT2D eigenvalue weighted by Crippen LogP contribution is 2.26. The Kier molecular flexibility index (Phi) is 7.38. The average molecular weight is 418 g/mol. The highest BCUT2D eigenvalue weighted by Gasteiger charge is 2.14. The number of rotatable bonds is 8. The smallest absolute Gasteiger partial charge is 0.325 e. The standard InChI is InChI=1S/C25H26N2O4/c1-3-17(2)21-10-6-7-11-22(21)27-23(28)16-31-24(29)15-26-25(30)20-13-12-18-8-4-5-9-19(18)14-20/h4-14,17H,3,15-16H2,1-2H3,(H,26,30)(H,27,28)/t17-/m1/s1. The predicted octanol–water partition coefficient (Wildman–Crippen LogP) is 4.27. The van der Waals surface area contributed by atoms with Crippen molar-refractivity contribution in [3.8, 4) is 0 Å². The van der Waals surface area contributed by atoms with Crippen molar-refractivity contribution >= 4 is 34.2 Å². The van der Waals surface area contributed by atoms with Crippen LogP contribution in [0.15, 0.2) is 66.7 Å². The lowest BCUT2D eigenvalue weighted by Gasteiger charge is -2.15. The van der Waals surface area contributed by atoms with E-state index in [0.29, 0.717) is 17.2 Å². The lowest BCUT2D eigenvalue weighted by atomic mass is 9.97. The summed E-state index contributed by atoms with van der Waals surface area (Å²) in [5.41, 5.74) is 2.20. The van der Waals surface area contributed by atoms with Gasteiger partial charge in [0, 0.05) is 11.3 Å². The Balaban J connectivity index is 1.47. The van der Waals surface area contributed by atoms with Gasteiger partial charge in [-0.1, -0.05) is 62.4 Å². The zero-order chi connectivity index (χ0) is 22.2. The van der Waals surface area contributed by atoms with Crippen LogP contribution in [-0.2, 0) is 14.3 Å². The van der Waals surface area contributed by atoms with Crippen molar-refractivity contribution in [2.75, 3.05) is 18.5 Å². The lowest BCUT2D eigenvalue weighted by molar-refractivity contribution is -0.146. The third-order valence-electron chi connectivity index (χ3n) is 5.15. The average Bonchev–Trinajstić information content (AvgIpc) is 2.80. The number of carbonyl (C=O) groups excluding carboxylic acids is 3. The number of carbonyl (C=O) groups is 3. The van der Waals surface area contributed by atoms with E-state index in [1.807, 2.05) is 54.6 Å². The number of anilines is 1. The molecule has 6 nitrogen and oxygen atoms in total. The highest BCUT2D eigenvalue weighted by molar-refractivity contribution is 6.00. The normalized spacial score (nSPS) is 11.5. The van der Waals surface area contributed by atoms with Gasteiger partial charge in [-0.25, -0.2) is 0 Å². The van der Waals surface area contributed by atoms with Crippen molar-refractivity contribution in [2.24, 2.45) is 0 Å². The van der Waals surface area contributed by atoms with E-state index in [-0.39, 0.29) is 12.5 Å². The first-order valence-corrected chi connectivity index (χ1v) is 10.3. The molecule has 2 N–H and O–H groups in total. The van der Waals surface area contributed by atoms with E-state index in [0.717, 1.165) is 22.8 Å². The van der Waals surface area contributed by atoms with Gasteiger partial charge >= 0.3 is 5.97 Å². The molecular weight excluding hydrogens is 392 g/mol. The van der Waals surface area contributed by atoms with Crippen molar-refractivity contribution in [3.63, 3.8) is 0 Å². The van der Waals surface area contributed by atoms with Gasteiger partial charge in [-0.2, -0.15) is 0 Å². The lowest BCUT2D eigenvalue weighted by Crippen LogP contribution is -2.32. The van der Waals surface area contributed by atoms with Crippen molar-refractivity contribution in [2.45, 2.75) is 26.2 Å². The van der Waals surface area contributed by atoms with Crippen LogP contribution < -0.4 is 10.6 Å². The maximum Gasteiger partial charge on any atom is 0.325 e. The van der Waals surface area contributed by atoms with Gasteiger partial charge < -0.3 is 15.4 Å². The third-order valence-corrected chi connectivity index (χ3v) is 5.15. The minimum absolute atomic E-state index is 0.296. The summed E-state index contributed by atoms with van der Waals surface area (Å²) in [6.45, 7) is 3.43. The summed E-state index contributed by atoms with van der Waals surface area (Å²) in [5, 5.41) is 7.27. The molecule has 0 aliphatic rings. The van der Waals surface area contributed by atoms with Crippen LogP contribution in [-0.4, -0.2) is 30.9 Å². The molecule has 31 heavy (non-hydrogen) atoms. The first-order valence-electron chi connectivity index (χ1n) is 10.3. The second kappa shape index (κ2) is 10.4. The van der Waals surface area contributed by atoms with Gasteiger partial charge in [-0.05, 0) is 46.9 Å². The minimum Gasteiger partial charge on any atom is -0.454 e. The number of nitrogens with one attached hydrogen (secondary N) is 2. The van der Waals surface area contributed by atoms with E-state index in [4.69, 9.17) is 4.74 Å². The zero-order valence-corrected chi connectivity index (χ0v) is 17.7. The number of amides is 2. The molecule has 3 rings (SSSR count). The molecule has 3 aromatic carbocycles. The fourth-order valence-electron chi connectivity index (χ4n) is 3.23. The summed E-state index contributed by atoms with van der Waals surface area (Å²) >= 11 is 0. The van der Waals surface area contributed by atoms with Crippen molar-refractivity contribution in [3.05, 3.63) is 77.9 Å². The molecule has 0 bridgehead atoms. The fourth-order valence-corrected chi connectivity index (χ4v) is 3.23. The maximum absolute atomic E-state index is 12.3. The molecule has 0 fully saturated rings. The summed E-state index contributed by atoms with van der Waals surface area (Å²) in [6, 6.07) is 20.6. The predicted molar refractivity (Wildman–Crippen MR) is 121 cm³/mol. The van der Waals surface area contributed by atoms with Crippen LogP contribution in [0.5, 0.6) is 0 Å². The van der Waals surface area contributed by atoms with Crippen molar-refractivity contribution in [1.82, 2.24) is 5.32 Å². The van der Waals surface area contributed by atoms with E-state index in [1.54, 1.807) is 12.1 Å². The minimum atomic E-state index is -0.681. The fraction of sp³-hybridized carbons (Fsp3) is 0.240. The molecule has 0 spiro atoms. The molecule has 1 atom stereocenters. The second-order valence-electron chi connectivity index (χ2n) is 7.35. The van der Waals surface area contributed by atoms with Crippen LogP contribution in [0.4, 0.5) is 5.69 Å². The van der Waals surface area contributed by atoms with Crippen LogP contribution in [0.25, 0.3) is 10.8 Å². The van der Waals surface area contributed by atoms with Crippen LogP contribution >= 0.6 is 0 Å². The van der Waals surface area contributed by atoms with Crippen LogP contribution in [0.2, 0.25) is 0 Å². The maximum atomic E-state index is 12.3. The van der Waals surface area contributed by atoms with Gasteiger partial charge in [0.05, 0.1) is 0 Å². The Morgan fingerprint density at radius 2 is 1.65 bits per heavy atom. The van der Waals surface area contributed by atoms with Gasteiger partial charge in [0.2, 0.25) is 0 Å². The van der Waals surface area contributed by atoms with E-state index >= 15 is 0 Å². The summed E-state index contributed by atoms with van der Waals surface area (Å²) < 4.78 is 4.99. The number of para-hydroxylation sites is 1. The summed E-state index contributed by atoms with van der Waals surface area (Å²) in [6.07, 6.45) is 0.943. The molecule has 0 aliphatic heterocycles. The Hall–Kier alpha value is -3.67. The molecule has 0 heterocycles. The molecule has 0 radical (unpaired) electrons. The molecule has 0 aliphatic carbocycles. The number of fused-ring (bicyclic) bond motifs is 1. The molecule has 2 amide bonds. The number of hydrogen-bond donors (Lipinski definition) is 2. The first kappa shape index (κ1) is 22.0. The molecule has 0 saturated heterocycles. The number of esters is 1. The molecule has 0 aromatic heterocycles. The van der Waals surface area contributed by atoms with E-state index in [2.05, 4.69) is 24.5 Å². The Bertz CT molecular complexity index is 1090. The SMILES string of the molecule is CC[C@@H](C)c1ccccc1NC(=O)COC(=O)CNC(=O)c1ccc2ccccc2c1. The van der Waals surface area contributed by atoms with Crippen LogP contribution in [0, 0.1) is 0 Å². The highest BCUT2D eigenvalue weighted by atomic mass is 16.5.